The number of thiol groups is 1. The zero-order chi connectivity index (χ0) is 29.6. The van der Waals surface area contributed by atoms with Gasteiger partial charge in [0.1, 0.15) is 23.4 Å². The highest BCUT2D eigenvalue weighted by atomic mass is 32.1. The van der Waals surface area contributed by atoms with Crippen LogP contribution in [0.2, 0.25) is 0 Å². The number of aryl methyl sites for hydroxylation is 1. The van der Waals surface area contributed by atoms with E-state index in [1.807, 2.05) is 6.92 Å². The highest BCUT2D eigenvalue weighted by Crippen LogP contribution is 2.28. The van der Waals surface area contributed by atoms with Crippen molar-refractivity contribution in [1.82, 2.24) is 15.5 Å². The number of phenolic OH excluding ortho intramolecular Hbond substituents is 1. The van der Waals surface area contributed by atoms with Crippen LogP contribution in [-0.4, -0.2) is 57.9 Å². The highest BCUT2D eigenvalue weighted by Gasteiger charge is 2.36. The first kappa shape index (κ1) is 34.6. The van der Waals surface area contributed by atoms with Crippen molar-refractivity contribution >= 4 is 30.5 Å². The van der Waals surface area contributed by atoms with Crippen LogP contribution in [0.4, 0.5) is 4.79 Å². The molecule has 3 atom stereocenters. The van der Waals surface area contributed by atoms with Crippen LogP contribution in [0.3, 0.4) is 0 Å². The zero-order valence-corrected chi connectivity index (χ0v) is 25.9. The van der Waals surface area contributed by atoms with Crippen molar-refractivity contribution in [1.29, 1.82) is 0 Å². The van der Waals surface area contributed by atoms with Crippen LogP contribution in [0.25, 0.3) is 0 Å². The van der Waals surface area contributed by atoms with Crippen molar-refractivity contribution in [3.05, 3.63) is 29.3 Å². The van der Waals surface area contributed by atoms with Gasteiger partial charge in [-0.05, 0) is 70.7 Å². The first-order valence-electron chi connectivity index (χ1n) is 14.3. The summed E-state index contributed by atoms with van der Waals surface area (Å²) in [5, 5.41) is 15.9. The summed E-state index contributed by atoms with van der Waals surface area (Å²) in [4.78, 5) is 41.9. The maximum Gasteiger partial charge on any atom is 0.408 e. The van der Waals surface area contributed by atoms with Gasteiger partial charge in [0, 0.05) is 18.3 Å². The average Bonchev–Trinajstić information content (AvgIpc) is 2.84. The third-order valence-electron chi connectivity index (χ3n) is 6.41. The summed E-state index contributed by atoms with van der Waals surface area (Å²) in [6.07, 6.45) is 7.11. The molecule has 0 aromatic heterocycles. The van der Waals surface area contributed by atoms with Gasteiger partial charge in [-0.1, -0.05) is 58.4 Å². The molecule has 0 bridgehead atoms. The van der Waals surface area contributed by atoms with E-state index in [9.17, 15) is 19.5 Å². The lowest BCUT2D eigenvalue weighted by atomic mass is 9.99. The molecule has 0 aliphatic heterocycles. The van der Waals surface area contributed by atoms with Gasteiger partial charge in [0.2, 0.25) is 11.8 Å². The minimum Gasteiger partial charge on any atom is -0.508 e. The number of rotatable bonds is 16. The Hall–Kier alpha value is -2.42. The van der Waals surface area contributed by atoms with E-state index >= 15 is 0 Å². The first-order valence-corrected chi connectivity index (χ1v) is 15.0. The van der Waals surface area contributed by atoms with E-state index in [0.717, 1.165) is 44.9 Å². The summed E-state index contributed by atoms with van der Waals surface area (Å²) in [6.45, 7) is 13.5. The molecule has 0 spiro atoms. The summed E-state index contributed by atoms with van der Waals surface area (Å²) >= 11 is 4.35. The fourth-order valence-corrected chi connectivity index (χ4v) is 4.66. The Morgan fingerprint density at radius 3 is 2.23 bits per heavy atom. The molecule has 1 rings (SSSR count). The summed E-state index contributed by atoms with van der Waals surface area (Å²) in [5.74, 6) is -0.542. The molecule has 0 saturated heterocycles. The molecule has 0 radical (unpaired) electrons. The third-order valence-corrected chi connectivity index (χ3v) is 6.78. The Kier molecular flexibility index (Phi) is 15.4. The van der Waals surface area contributed by atoms with Crippen molar-refractivity contribution in [2.24, 2.45) is 0 Å². The van der Waals surface area contributed by atoms with Crippen molar-refractivity contribution in [3.8, 4) is 5.75 Å². The van der Waals surface area contributed by atoms with E-state index in [2.05, 4.69) is 37.1 Å². The molecule has 0 aliphatic rings. The van der Waals surface area contributed by atoms with Crippen LogP contribution in [-0.2, 0) is 14.3 Å². The van der Waals surface area contributed by atoms with Crippen LogP contribution in [0.1, 0.15) is 110 Å². The second-order valence-electron chi connectivity index (χ2n) is 11.3. The molecule has 0 aliphatic carbocycles. The number of carbonyl (C=O) groups excluding carboxylic acids is 3. The summed E-state index contributed by atoms with van der Waals surface area (Å²) in [5.41, 5.74) is 0.478. The number of phenols is 1. The first-order chi connectivity index (χ1) is 18.3. The molecule has 3 N–H and O–H groups in total. The highest BCUT2D eigenvalue weighted by molar-refractivity contribution is 7.80. The number of unbranched alkanes of at least 4 members (excludes halogenated alkanes) is 5. The molecule has 1 aromatic rings. The average molecular weight is 566 g/mol. The lowest BCUT2D eigenvalue weighted by Gasteiger charge is -2.35. The molecule has 222 valence electrons. The van der Waals surface area contributed by atoms with Crippen molar-refractivity contribution in [2.75, 3.05) is 12.3 Å². The van der Waals surface area contributed by atoms with Gasteiger partial charge in [-0.15, -0.1) is 0 Å². The number of carbonyl (C=O) groups is 3. The van der Waals surface area contributed by atoms with E-state index < -0.39 is 29.7 Å². The predicted molar refractivity (Wildman–Crippen MR) is 160 cm³/mol. The van der Waals surface area contributed by atoms with E-state index in [-0.39, 0.29) is 23.5 Å². The largest absolute Gasteiger partial charge is 0.508 e. The van der Waals surface area contributed by atoms with Crippen LogP contribution in [0, 0.1) is 6.92 Å². The Morgan fingerprint density at radius 2 is 1.67 bits per heavy atom. The number of benzene rings is 1. The topological polar surface area (TPSA) is 108 Å². The lowest BCUT2D eigenvalue weighted by molar-refractivity contribution is -0.142. The van der Waals surface area contributed by atoms with Gasteiger partial charge in [-0.3, -0.25) is 9.59 Å². The third kappa shape index (κ3) is 12.5. The zero-order valence-electron chi connectivity index (χ0n) is 25.0. The van der Waals surface area contributed by atoms with E-state index in [0.29, 0.717) is 24.1 Å². The molecule has 9 heteroatoms. The molecular formula is C30H51N3O5S. The number of ether oxygens (including phenoxy) is 1. The molecule has 8 nitrogen and oxygen atoms in total. The Bertz CT molecular complexity index is 918. The lowest BCUT2D eigenvalue weighted by Crippen LogP contribution is -2.54. The van der Waals surface area contributed by atoms with E-state index in [4.69, 9.17) is 4.74 Å². The van der Waals surface area contributed by atoms with Gasteiger partial charge in [-0.2, -0.15) is 12.6 Å². The standard InChI is InChI=1S/C30H51N3O5S/c1-8-10-11-12-13-14-18-33(28(36)24(20-39)32-29(37)38-30(5,6)7)26(27(35)31-22(4)15-9-2)23-16-17-25(34)21(3)19-23/h16-17,19,22,24,26,34,39H,8-15,18,20H2,1-7H3,(H,31,35)(H,32,37). The smallest absolute Gasteiger partial charge is 0.408 e. The quantitative estimate of drug-likeness (QED) is 0.144. The predicted octanol–water partition coefficient (Wildman–Crippen LogP) is 6.06. The van der Waals surface area contributed by atoms with Gasteiger partial charge >= 0.3 is 6.09 Å². The molecule has 3 unspecified atom stereocenters. The van der Waals surface area contributed by atoms with Crippen LogP contribution in [0.15, 0.2) is 18.2 Å². The van der Waals surface area contributed by atoms with Crippen LogP contribution < -0.4 is 10.6 Å². The molecular weight excluding hydrogens is 514 g/mol. The molecule has 39 heavy (non-hydrogen) atoms. The van der Waals surface area contributed by atoms with Gasteiger partial charge in [0.15, 0.2) is 0 Å². The summed E-state index contributed by atoms with van der Waals surface area (Å²) in [7, 11) is 0. The van der Waals surface area contributed by atoms with Crippen LogP contribution >= 0.6 is 12.6 Å². The second kappa shape index (κ2) is 17.3. The fraction of sp³-hybridized carbons (Fsp3) is 0.700. The monoisotopic (exact) mass is 565 g/mol. The minimum atomic E-state index is -0.982. The normalized spacial score (nSPS) is 13.7. The number of nitrogens with one attached hydrogen (secondary N) is 2. The Balaban J connectivity index is 3.41. The van der Waals surface area contributed by atoms with E-state index in [1.54, 1.807) is 50.8 Å². The van der Waals surface area contributed by atoms with Crippen molar-refractivity contribution in [2.45, 2.75) is 124 Å². The second-order valence-corrected chi connectivity index (χ2v) is 11.7. The van der Waals surface area contributed by atoms with Gasteiger partial charge in [0.25, 0.3) is 0 Å². The molecule has 0 heterocycles. The maximum absolute atomic E-state index is 14.0. The number of alkyl carbamates (subject to hydrolysis) is 1. The molecule has 0 saturated carbocycles. The molecule has 0 fully saturated rings. The summed E-state index contributed by atoms with van der Waals surface area (Å²) in [6, 6.07) is 2.97. The van der Waals surface area contributed by atoms with Gasteiger partial charge in [0.05, 0.1) is 0 Å². The molecule has 3 amide bonds. The van der Waals surface area contributed by atoms with Gasteiger partial charge < -0.3 is 25.4 Å². The van der Waals surface area contributed by atoms with Crippen molar-refractivity contribution < 1.29 is 24.2 Å². The number of hydrogen-bond acceptors (Lipinski definition) is 6. The maximum atomic E-state index is 14.0. The number of nitrogens with zero attached hydrogens (tertiary/aromatic N) is 1. The van der Waals surface area contributed by atoms with Crippen LogP contribution in [0.5, 0.6) is 5.75 Å². The number of aromatic hydroxyl groups is 1. The number of amides is 3. The SMILES string of the molecule is CCCCCCCCN(C(=O)C(CS)NC(=O)OC(C)(C)C)C(C(=O)NC(C)CCC)c1ccc(O)c(C)c1. The Labute approximate surface area is 241 Å². The van der Waals surface area contributed by atoms with Gasteiger partial charge in [-0.25, -0.2) is 4.79 Å². The van der Waals surface area contributed by atoms with Crippen molar-refractivity contribution in [3.63, 3.8) is 0 Å². The fourth-order valence-electron chi connectivity index (χ4n) is 4.41. The Morgan fingerprint density at radius 1 is 1.03 bits per heavy atom. The molecule has 1 aromatic carbocycles. The summed E-state index contributed by atoms with van der Waals surface area (Å²) < 4.78 is 5.38. The van der Waals surface area contributed by atoms with E-state index in [1.165, 1.54) is 0 Å². The minimum absolute atomic E-state index is 0.0419. The number of hydrogen-bond donors (Lipinski definition) is 4.